The second-order valence-electron chi connectivity index (χ2n) is 8.09. The maximum atomic E-state index is 14.9. The molecule has 0 saturated heterocycles. The SMILES string of the molecule is CC(C)Oc1ccc(-c2cc3c(cc2F)C(NC(=O)O)C(C)(C)CC3)cc1. The van der Waals surface area contributed by atoms with Crippen LogP contribution in [-0.2, 0) is 6.42 Å². The molecular weight excluding hydrogens is 345 g/mol. The fraction of sp³-hybridized carbons (Fsp3) is 0.409. The molecule has 4 nitrogen and oxygen atoms in total. The highest BCUT2D eigenvalue weighted by Crippen LogP contribution is 2.45. The van der Waals surface area contributed by atoms with Crippen LogP contribution in [0.2, 0.25) is 0 Å². The Morgan fingerprint density at radius 3 is 2.52 bits per heavy atom. The molecule has 1 amide bonds. The minimum atomic E-state index is -1.09. The van der Waals surface area contributed by atoms with E-state index < -0.39 is 12.1 Å². The van der Waals surface area contributed by atoms with Gasteiger partial charge in [-0.2, -0.15) is 0 Å². The summed E-state index contributed by atoms with van der Waals surface area (Å²) in [5, 5.41) is 11.8. The molecule has 0 saturated carbocycles. The summed E-state index contributed by atoms with van der Waals surface area (Å²) in [6.45, 7) is 7.94. The van der Waals surface area contributed by atoms with Crippen LogP contribution in [0, 0.1) is 11.2 Å². The van der Waals surface area contributed by atoms with E-state index in [1.807, 2.05) is 58.0 Å². The summed E-state index contributed by atoms with van der Waals surface area (Å²) in [6.07, 6.45) is 0.614. The lowest BCUT2D eigenvalue weighted by Gasteiger charge is -2.40. The molecule has 2 aromatic rings. The molecule has 1 atom stereocenters. The fourth-order valence-corrected chi connectivity index (χ4v) is 3.74. The highest BCUT2D eigenvalue weighted by molar-refractivity contribution is 5.68. The zero-order valence-corrected chi connectivity index (χ0v) is 16.2. The van der Waals surface area contributed by atoms with Gasteiger partial charge in [-0.3, -0.25) is 0 Å². The van der Waals surface area contributed by atoms with Crippen LogP contribution in [0.25, 0.3) is 11.1 Å². The van der Waals surface area contributed by atoms with Crippen LogP contribution in [0.5, 0.6) is 5.75 Å². The van der Waals surface area contributed by atoms with Crippen molar-refractivity contribution in [2.75, 3.05) is 0 Å². The second-order valence-corrected chi connectivity index (χ2v) is 8.09. The van der Waals surface area contributed by atoms with E-state index in [2.05, 4.69) is 5.32 Å². The number of ether oxygens (including phenoxy) is 1. The summed E-state index contributed by atoms with van der Waals surface area (Å²) in [7, 11) is 0. The molecule has 2 N–H and O–H groups in total. The second kappa shape index (κ2) is 7.22. The van der Waals surface area contributed by atoms with E-state index in [0.717, 1.165) is 35.3 Å². The number of rotatable bonds is 4. The van der Waals surface area contributed by atoms with Gasteiger partial charge in [-0.15, -0.1) is 0 Å². The lowest BCUT2D eigenvalue weighted by atomic mass is 9.70. The van der Waals surface area contributed by atoms with Gasteiger partial charge in [0, 0.05) is 5.56 Å². The lowest BCUT2D eigenvalue weighted by molar-refractivity contribution is 0.161. The molecule has 0 fully saturated rings. The molecular formula is C22H26FNO3. The zero-order valence-electron chi connectivity index (χ0n) is 16.2. The number of hydrogen-bond donors (Lipinski definition) is 2. The Hall–Kier alpha value is -2.56. The quantitative estimate of drug-likeness (QED) is 0.739. The standard InChI is InChI=1S/C22H26FNO3/c1-13(2)27-16-7-5-14(6-8-16)17-11-15-9-10-22(3,4)20(24-21(25)26)18(15)12-19(17)23/h5-8,11-13,20,24H,9-10H2,1-4H3,(H,25,26). The molecule has 0 spiro atoms. The molecule has 2 aromatic carbocycles. The normalized spacial score (nSPS) is 18.1. The highest BCUT2D eigenvalue weighted by atomic mass is 19.1. The number of carboxylic acid groups (broad SMARTS) is 1. The predicted molar refractivity (Wildman–Crippen MR) is 104 cm³/mol. The van der Waals surface area contributed by atoms with Crippen LogP contribution in [0.15, 0.2) is 36.4 Å². The van der Waals surface area contributed by atoms with Gasteiger partial charge in [0.1, 0.15) is 11.6 Å². The van der Waals surface area contributed by atoms with E-state index in [4.69, 9.17) is 4.74 Å². The first-order valence-electron chi connectivity index (χ1n) is 9.26. The molecule has 0 aromatic heterocycles. The average molecular weight is 371 g/mol. The molecule has 1 aliphatic carbocycles. The van der Waals surface area contributed by atoms with Crippen molar-refractivity contribution in [3.8, 4) is 16.9 Å². The Labute approximate surface area is 159 Å². The van der Waals surface area contributed by atoms with Gasteiger partial charge in [-0.1, -0.05) is 26.0 Å². The van der Waals surface area contributed by atoms with Crippen molar-refractivity contribution in [3.63, 3.8) is 0 Å². The van der Waals surface area contributed by atoms with E-state index in [1.165, 1.54) is 6.07 Å². The summed E-state index contributed by atoms with van der Waals surface area (Å²) >= 11 is 0. The zero-order chi connectivity index (χ0) is 19.8. The van der Waals surface area contributed by atoms with Gasteiger partial charge >= 0.3 is 6.09 Å². The topological polar surface area (TPSA) is 58.6 Å². The molecule has 3 rings (SSSR count). The highest BCUT2D eigenvalue weighted by Gasteiger charge is 2.37. The van der Waals surface area contributed by atoms with Crippen LogP contribution in [-0.4, -0.2) is 17.3 Å². The van der Waals surface area contributed by atoms with Gasteiger partial charge in [0.2, 0.25) is 0 Å². The van der Waals surface area contributed by atoms with Crippen molar-refractivity contribution in [1.82, 2.24) is 5.32 Å². The molecule has 0 bridgehead atoms. The summed E-state index contributed by atoms with van der Waals surface area (Å²) < 4.78 is 20.6. The number of hydrogen-bond acceptors (Lipinski definition) is 2. The van der Waals surface area contributed by atoms with Crippen LogP contribution < -0.4 is 10.1 Å². The lowest BCUT2D eigenvalue weighted by Crippen LogP contribution is -2.40. The molecule has 1 aliphatic rings. The molecule has 0 aliphatic heterocycles. The van der Waals surface area contributed by atoms with E-state index in [0.29, 0.717) is 5.56 Å². The monoisotopic (exact) mass is 371 g/mol. The van der Waals surface area contributed by atoms with Crippen LogP contribution in [0.1, 0.15) is 51.3 Å². The number of fused-ring (bicyclic) bond motifs is 1. The Morgan fingerprint density at radius 1 is 1.26 bits per heavy atom. The summed E-state index contributed by atoms with van der Waals surface area (Å²) in [6, 6.07) is 10.3. The van der Waals surface area contributed by atoms with Gasteiger partial charge in [0.05, 0.1) is 12.1 Å². The third kappa shape index (κ3) is 4.07. The van der Waals surface area contributed by atoms with Crippen molar-refractivity contribution in [2.24, 2.45) is 5.41 Å². The largest absolute Gasteiger partial charge is 0.491 e. The minimum absolute atomic E-state index is 0.0818. The van der Waals surface area contributed by atoms with Crippen molar-refractivity contribution in [2.45, 2.75) is 52.7 Å². The van der Waals surface area contributed by atoms with Crippen molar-refractivity contribution >= 4 is 6.09 Å². The maximum absolute atomic E-state index is 14.9. The number of carbonyl (C=O) groups is 1. The third-order valence-electron chi connectivity index (χ3n) is 5.16. The Balaban J connectivity index is 1.98. The van der Waals surface area contributed by atoms with Crippen molar-refractivity contribution in [3.05, 3.63) is 53.3 Å². The molecule has 144 valence electrons. The third-order valence-corrected chi connectivity index (χ3v) is 5.16. The molecule has 0 heterocycles. The minimum Gasteiger partial charge on any atom is -0.491 e. The van der Waals surface area contributed by atoms with Crippen molar-refractivity contribution < 1.29 is 19.0 Å². The van der Waals surface area contributed by atoms with E-state index >= 15 is 0 Å². The number of halogens is 1. The van der Waals surface area contributed by atoms with Gasteiger partial charge in [0.15, 0.2) is 0 Å². The van der Waals surface area contributed by atoms with Crippen LogP contribution in [0.4, 0.5) is 9.18 Å². The summed E-state index contributed by atoms with van der Waals surface area (Å²) in [5.41, 5.74) is 2.76. The van der Waals surface area contributed by atoms with Gasteiger partial charge in [-0.05, 0) is 73.1 Å². The number of amides is 1. The first kappa shape index (κ1) is 19.2. The molecule has 0 radical (unpaired) electrons. The molecule has 27 heavy (non-hydrogen) atoms. The van der Waals surface area contributed by atoms with Gasteiger partial charge in [0.25, 0.3) is 0 Å². The number of nitrogens with one attached hydrogen (secondary N) is 1. The van der Waals surface area contributed by atoms with E-state index in [-0.39, 0.29) is 17.3 Å². The first-order chi connectivity index (χ1) is 12.7. The average Bonchev–Trinajstić information content (AvgIpc) is 2.57. The Kier molecular flexibility index (Phi) is 5.13. The van der Waals surface area contributed by atoms with Crippen LogP contribution >= 0.6 is 0 Å². The fourth-order valence-electron chi connectivity index (χ4n) is 3.74. The van der Waals surface area contributed by atoms with Gasteiger partial charge < -0.3 is 15.2 Å². The van der Waals surface area contributed by atoms with Gasteiger partial charge in [-0.25, -0.2) is 9.18 Å². The first-order valence-corrected chi connectivity index (χ1v) is 9.26. The van der Waals surface area contributed by atoms with Crippen LogP contribution in [0.3, 0.4) is 0 Å². The predicted octanol–water partition coefficient (Wildman–Crippen LogP) is 5.56. The Bertz CT molecular complexity index is 843. The molecule has 1 unspecified atom stereocenters. The number of aryl methyl sites for hydroxylation is 1. The molecule has 5 heteroatoms. The van der Waals surface area contributed by atoms with Crippen molar-refractivity contribution in [1.29, 1.82) is 0 Å². The maximum Gasteiger partial charge on any atom is 0.405 e. The number of benzene rings is 2. The smallest absolute Gasteiger partial charge is 0.405 e. The summed E-state index contributed by atoms with van der Waals surface area (Å²) in [5.74, 6) is 0.403. The Morgan fingerprint density at radius 2 is 1.93 bits per heavy atom. The van der Waals surface area contributed by atoms with E-state index in [9.17, 15) is 14.3 Å². The summed E-state index contributed by atoms with van der Waals surface area (Å²) in [4.78, 5) is 11.2. The van der Waals surface area contributed by atoms with E-state index in [1.54, 1.807) is 0 Å².